The fourth-order valence-electron chi connectivity index (χ4n) is 3.14. The summed E-state index contributed by atoms with van der Waals surface area (Å²) in [6.45, 7) is 4.08. The summed E-state index contributed by atoms with van der Waals surface area (Å²) < 4.78 is 0.965. The van der Waals surface area contributed by atoms with Gasteiger partial charge in [0.2, 0.25) is 0 Å². The van der Waals surface area contributed by atoms with Crippen LogP contribution >= 0.6 is 15.9 Å². The van der Waals surface area contributed by atoms with Crippen LogP contribution in [0, 0.1) is 13.8 Å². The fourth-order valence-corrected chi connectivity index (χ4v) is 3.41. The summed E-state index contributed by atoms with van der Waals surface area (Å²) in [5.41, 5.74) is 5.41. The van der Waals surface area contributed by atoms with E-state index >= 15 is 0 Å². The van der Waals surface area contributed by atoms with E-state index in [0.29, 0.717) is 11.5 Å². The zero-order chi connectivity index (χ0) is 19.7. The van der Waals surface area contributed by atoms with Crippen molar-refractivity contribution in [1.29, 1.82) is 0 Å². The maximum atomic E-state index is 13.3. The molecule has 4 rings (SSSR count). The Morgan fingerprint density at radius 3 is 2.29 bits per heavy atom. The molecule has 0 spiro atoms. The quantitative estimate of drug-likeness (QED) is 0.476. The van der Waals surface area contributed by atoms with Gasteiger partial charge in [-0.1, -0.05) is 69.5 Å². The predicted octanol–water partition coefficient (Wildman–Crippen LogP) is 5.90. The van der Waals surface area contributed by atoms with E-state index in [9.17, 15) is 4.79 Å². The number of rotatable bonds is 3. The first-order chi connectivity index (χ1) is 13.5. The van der Waals surface area contributed by atoms with E-state index in [-0.39, 0.29) is 5.91 Å². The van der Waals surface area contributed by atoms with Crippen LogP contribution in [0.3, 0.4) is 0 Å². The predicted molar refractivity (Wildman–Crippen MR) is 119 cm³/mol. The molecule has 0 aliphatic carbocycles. The average Bonchev–Trinajstić information content (AvgIpc) is 3.01. The SMILES string of the molecule is Cc1ccc(/C=C2/N=C(c3cccc(C)c3)N(c3ccc(Br)cc3)C2=O)cc1. The van der Waals surface area contributed by atoms with Gasteiger partial charge in [-0.25, -0.2) is 4.99 Å². The van der Waals surface area contributed by atoms with Gasteiger partial charge in [-0.15, -0.1) is 0 Å². The molecule has 0 unspecified atom stereocenters. The molecule has 0 atom stereocenters. The summed E-state index contributed by atoms with van der Waals surface area (Å²) >= 11 is 3.46. The van der Waals surface area contributed by atoms with E-state index in [0.717, 1.165) is 26.9 Å². The van der Waals surface area contributed by atoms with Crippen LogP contribution < -0.4 is 4.90 Å². The second kappa shape index (κ2) is 7.56. The lowest BCUT2D eigenvalue weighted by Gasteiger charge is -2.19. The van der Waals surface area contributed by atoms with Crippen molar-refractivity contribution >= 4 is 39.4 Å². The molecule has 3 nitrogen and oxygen atoms in total. The number of carbonyl (C=O) groups is 1. The molecule has 0 radical (unpaired) electrons. The summed E-state index contributed by atoms with van der Waals surface area (Å²) in [7, 11) is 0. The smallest absolute Gasteiger partial charge is 0.266 e. The van der Waals surface area contributed by atoms with Crippen LogP contribution in [0.15, 0.2) is 88.0 Å². The van der Waals surface area contributed by atoms with Gasteiger partial charge >= 0.3 is 0 Å². The lowest BCUT2D eigenvalue weighted by atomic mass is 10.1. The maximum absolute atomic E-state index is 13.3. The second-order valence-corrected chi connectivity index (χ2v) is 7.78. The molecule has 0 saturated heterocycles. The summed E-state index contributed by atoms with van der Waals surface area (Å²) in [5, 5.41) is 0. The number of benzene rings is 3. The average molecular weight is 431 g/mol. The second-order valence-electron chi connectivity index (χ2n) is 6.86. The van der Waals surface area contributed by atoms with Crippen molar-refractivity contribution in [2.45, 2.75) is 13.8 Å². The Morgan fingerprint density at radius 2 is 1.61 bits per heavy atom. The standard InChI is InChI=1S/C24H19BrN2O/c1-16-6-8-18(9-7-16)15-22-24(28)27(21-12-10-20(25)11-13-21)23(26-22)19-5-3-4-17(2)14-19/h3-15H,1-2H3/b22-15+. The zero-order valence-corrected chi connectivity index (χ0v) is 17.3. The first-order valence-corrected chi connectivity index (χ1v) is 9.85. The Hall–Kier alpha value is -2.98. The van der Waals surface area contributed by atoms with Crippen molar-refractivity contribution < 1.29 is 4.79 Å². The molecule has 0 saturated carbocycles. The van der Waals surface area contributed by atoms with Crippen molar-refractivity contribution in [3.8, 4) is 0 Å². The third kappa shape index (κ3) is 3.69. The highest BCUT2D eigenvalue weighted by Gasteiger charge is 2.32. The molecule has 3 aromatic carbocycles. The minimum Gasteiger partial charge on any atom is -0.266 e. The van der Waals surface area contributed by atoms with Crippen molar-refractivity contribution in [1.82, 2.24) is 0 Å². The van der Waals surface area contributed by atoms with Gasteiger partial charge in [0, 0.05) is 10.0 Å². The molecule has 0 N–H and O–H groups in total. The highest BCUT2D eigenvalue weighted by Crippen LogP contribution is 2.29. The summed E-state index contributed by atoms with van der Waals surface area (Å²) in [6, 6.07) is 23.8. The van der Waals surface area contributed by atoms with Gasteiger partial charge in [0.25, 0.3) is 5.91 Å². The largest absolute Gasteiger partial charge is 0.282 e. The van der Waals surface area contributed by atoms with E-state index in [1.54, 1.807) is 4.90 Å². The molecule has 4 heteroatoms. The molecule has 0 bridgehead atoms. The monoisotopic (exact) mass is 430 g/mol. The Labute approximate surface area is 173 Å². The number of halogens is 1. The Morgan fingerprint density at radius 1 is 0.893 bits per heavy atom. The van der Waals surface area contributed by atoms with Crippen molar-refractivity contribution in [2.24, 2.45) is 4.99 Å². The molecule has 1 aliphatic rings. The first-order valence-electron chi connectivity index (χ1n) is 9.05. The van der Waals surface area contributed by atoms with Crippen LogP contribution in [0.25, 0.3) is 6.08 Å². The number of anilines is 1. The van der Waals surface area contributed by atoms with Gasteiger partial charge in [-0.05, 0) is 55.8 Å². The van der Waals surface area contributed by atoms with E-state index in [2.05, 4.69) is 15.9 Å². The van der Waals surface area contributed by atoms with E-state index < -0.39 is 0 Å². The number of amides is 1. The van der Waals surface area contributed by atoms with Crippen LogP contribution in [-0.2, 0) is 4.79 Å². The van der Waals surface area contributed by atoms with Crippen LogP contribution in [0.2, 0.25) is 0 Å². The number of nitrogens with zero attached hydrogens (tertiary/aromatic N) is 2. The van der Waals surface area contributed by atoms with Gasteiger partial charge in [-0.2, -0.15) is 0 Å². The van der Waals surface area contributed by atoms with E-state index in [1.165, 1.54) is 5.56 Å². The Balaban J connectivity index is 1.82. The first kappa shape index (κ1) is 18.4. The topological polar surface area (TPSA) is 32.7 Å². The van der Waals surface area contributed by atoms with Crippen LogP contribution in [0.4, 0.5) is 5.69 Å². The van der Waals surface area contributed by atoms with Gasteiger partial charge in [0.05, 0.1) is 5.69 Å². The molecule has 0 fully saturated rings. The molecule has 138 valence electrons. The normalized spacial score (nSPS) is 15.2. The van der Waals surface area contributed by atoms with Crippen molar-refractivity contribution in [3.05, 3.63) is 105 Å². The van der Waals surface area contributed by atoms with Gasteiger partial charge in [0.15, 0.2) is 0 Å². The minimum absolute atomic E-state index is 0.126. The lowest BCUT2D eigenvalue weighted by Crippen LogP contribution is -2.32. The minimum atomic E-state index is -0.126. The number of aryl methyl sites for hydroxylation is 2. The Kier molecular flexibility index (Phi) is 4.97. The molecule has 1 heterocycles. The van der Waals surface area contributed by atoms with Crippen molar-refractivity contribution in [2.75, 3.05) is 4.90 Å². The highest BCUT2D eigenvalue weighted by atomic mass is 79.9. The molecular weight excluding hydrogens is 412 g/mol. The Bertz CT molecular complexity index is 1100. The molecule has 1 amide bonds. The third-order valence-electron chi connectivity index (χ3n) is 4.60. The van der Waals surface area contributed by atoms with Crippen LogP contribution in [0.1, 0.15) is 22.3 Å². The summed E-state index contributed by atoms with van der Waals surface area (Å²) in [5.74, 6) is 0.522. The lowest BCUT2D eigenvalue weighted by molar-refractivity contribution is -0.113. The highest BCUT2D eigenvalue weighted by molar-refractivity contribution is 9.10. The number of carbonyl (C=O) groups excluding carboxylic acids is 1. The fraction of sp³-hybridized carbons (Fsp3) is 0.0833. The zero-order valence-electron chi connectivity index (χ0n) is 15.7. The molecule has 1 aliphatic heterocycles. The van der Waals surface area contributed by atoms with Crippen LogP contribution in [-0.4, -0.2) is 11.7 Å². The van der Waals surface area contributed by atoms with Gasteiger partial charge in [-0.3, -0.25) is 9.69 Å². The molecule has 0 aromatic heterocycles. The summed E-state index contributed by atoms with van der Waals surface area (Å²) in [4.78, 5) is 19.7. The summed E-state index contributed by atoms with van der Waals surface area (Å²) in [6.07, 6.45) is 1.84. The molecule has 28 heavy (non-hydrogen) atoms. The third-order valence-corrected chi connectivity index (χ3v) is 5.13. The molecular formula is C24H19BrN2O. The van der Waals surface area contributed by atoms with Gasteiger partial charge in [0.1, 0.15) is 11.5 Å². The number of amidine groups is 1. The van der Waals surface area contributed by atoms with Gasteiger partial charge < -0.3 is 0 Å². The van der Waals surface area contributed by atoms with Crippen LogP contribution in [0.5, 0.6) is 0 Å². The number of hydrogen-bond donors (Lipinski definition) is 0. The number of hydrogen-bond acceptors (Lipinski definition) is 2. The maximum Gasteiger partial charge on any atom is 0.282 e. The molecule has 3 aromatic rings. The van der Waals surface area contributed by atoms with Crippen molar-refractivity contribution in [3.63, 3.8) is 0 Å². The number of aliphatic imine (C=N–C) groups is 1. The van der Waals surface area contributed by atoms with E-state index in [4.69, 9.17) is 4.99 Å². The van der Waals surface area contributed by atoms with E-state index in [1.807, 2.05) is 92.7 Å².